The molecule has 2 saturated heterocycles. The van der Waals surface area contributed by atoms with Crippen molar-refractivity contribution in [3.8, 4) is 5.75 Å². The molecule has 12 heteroatoms. The Balaban J connectivity index is 1.92. The minimum absolute atomic E-state index is 0.0853. The molecule has 2 aliphatic rings. The number of hydrogen-bond acceptors (Lipinski definition) is 7. The number of nitrogens with one attached hydrogen (secondary N) is 3. The summed E-state index contributed by atoms with van der Waals surface area (Å²) in [4.78, 5) is 67.7. The van der Waals surface area contributed by atoms with E-state index in [0.29, 0.717) is 43.0 Å². The Hall–Kier alpha value is -3.67. The summed E-state index contributed by atoms with van der Waals surface area (Å²) in [5.74, 6) is -1.72. The van der Waals surface area contributed by atoms with Crippen LogP contribution in [-0.2, 0) is 30.4 Å². The van der Waals surface area contributed by atoms with Crippen molar-refractivity contribution in [1.82, 2.24) is 25.9 Å². The highest BCUT2D eigenvalue weighted by Gasteiger charge is 2.40. The van der Waals surface area contributed by atoms with Crippen LogP contribution in [0.1, 0.15) is 71.3 Å². The monoisotopic (exact) mass is 587 g/mol. The zero-order valence-corrected chi connectivity index (χ0v) is 25.1. The van der Waals surface area contributed by atoms with Crippen molar-refractivity contribution in [2.45, 2.75) is 96.3 Å². The molecule has 0 aromatic heterocycles. The Labute approximate surface area is 247 Å². The van der Waals surface area contributed by atoms with Gasteiger partial charge in [0.1, 0.15) is 29.9 Å². The predicted molar refractivity (Wildman–Crippen MR) is 154 cm³/mol. The Bertz CT molecular complexity index is 1110. The van der Waals surface area contributed by atoms with Crippen molar-refractivity contribution in [3.05, 3.63) is 29.8 Å². The molecule has 5 atom stereocenters. The number of amides is 5. The van der Waals surface area contributed by atoms with Crippen LogP contribution in [0.5, 0.6) is 5.75 Å². The second kappa shape index (κ2) is 15.5. The van der Waals surface area contributed by atoms with Gasteiger partial charge in [-0.2, -0.15) is 0 Å². The topological polar surface area (TPSA) is 157 Å². The third-order valence-corrected chi connectivity index (χ3v) is 8.21. The average Bonchev–Trinajstić information content (AvgIpc) is 2.99. The highest BCUT2D eigenvalue weighted by Crippen LogP contribution is 2.22. The van der Waals surface area contributed by atoms with Crippen LogP contribution < -0.4 is 20.7 Å². The third-order valence-electron chi connectivity index (χ3n) is 8.21. The number of hydroxylamine groups is 2. The first-order valence-corrected chi connectivity index (χ1v) is 14.9. The molecular formula is C30H45N5O7. The molecule has 0 saturated carbocycles. The number of nitrogens with zero attached hydrogens (tertiary/aromatic N) is 2. The van der Waals surface area contributed by atoms with Gasteiger partial charge in [-0.3, -0.25) is 29.2 Å². The van der Waals surface area contributed by atoms with Crippen molar-refractivity contribution in [2.24, 2.45) is 5.92 Å². The molecule has 5 amide bonds. The van der Waals surface area contributed by atoms with E-state index in [-0.39, 0.29) is 31.2 Å². The summed E-state index contributed by atoms with van der Waals surface area (Å²) in [7, 11) is 1.56. The highest BCUT2D eigenvalue weighted by molar-refractivity contribution is 5.97. The fraction of sp³-hybridized carbons (Fsp3) is 0.633. The molecule has 3 rings (SSSR count). The SMILES string of the molecule is CC[C@@H](C)[C@@H]1NC(=O)[C@@H](Cc2ccc(OC)cc2)NC(=O)[C@H](CCCCN(O)C(C)=O)NC(=O)[C@@H]2CCCCN2C1=O. The molecule has 0 unspecified atom stereocenters. The van der Waals surface area contributed by atoms with Gasteiger partial charge < -0.3 is 25.6 Å². The van der Waals surface area contributed by atoms with Crippen molar-refractivity contribution in [2.75, 3.05) is 20.2 Å². The number of rotatable bonds is 10. The van der Waals surface area contributed by atoms with Crippen LogP contribution in [0.3, 0.4) is 0 Å². The quantitative estimate of drug-likeness (QED) is 0.184. The molecule has 2 fully saturated rings. The normalized spacial score (nSPS) is 24.3. The molecule has 0 aliphatic carbocycles. The summed E-state index contributed by atoms with van der Waals surface area (Å²) in [6.07, 6.45) is 3.80. The Morgan fingerprint density at radius 1 is 1.02 bits per heavy atom. The van der Waals surface area contributed by atoms with Gasteiger partial charge in [0.25, 0.3) is 0 Å². The summed E-state index contributed by atoms with van der Waals surface area (Å²) in [5, 5.41) is 18.9. The van der Waals surface area contributed by atoms with E-state index in [1.165, 1.54) is 6.92 Å². The lowest BCUT2D eigenvalue weighted by atomic mass is 9.93. The zero-order chi connectivity index (χ0) is 30.8. The second-order valence-corrected chi connectivity index (χ2v) is 11.2. The summed E-state index contributed by atoms with van der Waals surface area (Å²) in [5.41, 5.74) is 0.777. The van der Waals surface area contributed by atoms with E-state index in [0.717, 1.165) is 18.4 Å². The van der Waals surface area contributed by atoms with Crippen LogP contribution >= 0.6 is 0 Å². The number of fused-ring (bicyclic) bond motifs is 1. The van der Waals surface area contributed by atoms with E-state index in [4.69, 9.17) is 4.74 Å². The molecule has 2 heterocycles. The second-order valence-electron chi connectivity index (χ2n) is 11.2. The minimum atomic E-state index is -1.01. The van der Waals surface area contributed by atoms with Gasteiger partial charge in [0.05, 0.1) is 7.11 Å². The van der Waals surface area contributed by atoms with Crippen molar-refractivity contribution in [1.29, 1.82) is 0 Å². The van der Waals surface area contributed by atoms with Gasteiger partial charge in [0.15, 0.2) is 0 Å². The first-order valence-electron chi connectivity index (χ1n) is 14.9. The molecular weight excluding hydrogens is 542 g/mol. The lowest BCUT2D eigenvalue weighted by Crippen LogP contribution is -2.64. The highest BCUT2D eigenvalue weighted by atomic mass is 16.5. The minimum Gasteiger partial charge on any atom is -0.497 e. The van der Waals surface area contributed by atoms with Crippen molar-refractivity contribution in [3.63, 3.8) is 0 Å². The predicted octanol–water partition coefficient (Wildman–Crippen LogP) is 1.54. The molecule has 1 aromatic carbocycles. The van der Waals surface area contributed by atoms with E-state index >= 15 is 0 Å². The van der Waals surface area contributed by atoms with E-state index in [9.17, 15) is 29.2 Å². The Morgan fingerprint density at radius 3 is 2.33 bits per heavy atom. The molecule has 12 nitrogen and oxygen atoms in total. The van der Waals surface area contributed by atoms with Gasteiger partial charge in [-0.05, 0) is 62.1 Å². The number of unbranched alkanes of at least 4 members (excludes halogenated alkanes) is 1. The molecule has 232 valence electrons. The number of ether oxygens (including phenoxy) is 1. The van der Waals surface area contributed by atoms with Crippen LogP contribution in [0.25, 0.3) is 0 Å². The maximum atomic E-state index is 13.9. The third kappa shape index (κ3) is 8.67. The van der Waals surface area contributed by atoms with Gasteiger partial charge >= 0.3 is 0 Å². The average molecular weight is 588 g/mol. The fourth-order valence-electron chi connectivity index (χ4n) is 5.37. The van der Waals surface area contributed by atoms with Crippen LogP contribution in [0, 0.1) is 5.92 Å². The van der Waals surface area contributed by atoms with Crippen LogP contribution in [0.15, 0.2) is 24.3 Å². The molecule has 0 radical (unpaired) electrons. The Morgan fingerprint density at radius 2 is 1.69 bits per heavy atom. The first-order chi connectivity index (χ1) is 20.0. The van der Waals surface area contributed by atoms with Crippen molar-refractivity contribution >= 4 is 29.5 Å². The molecule has 0 spiro atoms. The lowest BCUT2D eigenvalue weighted by molar-refractivity contribution is -0.162. The number of hydrogen-bond donors (Lipinski definition) is 4. The molecule has 2 aliphatic heterocycles. The van der Waals surface area contributed by atoms with Gasteiger partial charge in [-0.1, -0.05) is 32.4 Å². The number of methoxy groups -OCH3 is 1. The van der Waals surface area contributed by atoms with Crippen LogP contribution in [0.4, 0.5) is 0 Å². The summed E-state index contributed by atoms with van der Waals surface area (Å²) in [6, 6.07) is 3.57. The van der Waals surface area contributed by atoms with Gasteiger partial charge in [0, 0.05) is 26.4 Å². The maximum Gasteiger partial charge on any atom is 0.246 e. The lowest BCUT2D eigenvalue weighted by Gasteiger charge is -2.39. The van der Waals surface area contributed by atoms with Crippen LogP contribution in [0.2, 0.25) is 0 Å². The van der Waals surface area contributed by atoms with Gasteiger partial charge in [0.2, 0.25) is 29.5 Å². The largest absolute Gasteiger partial charge is 0.497 e. The summed E-state index contributed by atoms with van der Waals surface area (Å²) >= 11 is 0. The van der Waals surface area contributed by atoms with E-state index in [1.807, 2.05) is 13.8 Å². The number of carbonyl (C=O) groups is 5. The fourth-order valence-corrected chi connectivity index (χ4v) is 5.37. The summed E-state index contributed by atoms with van der Waals surface area (Å²) in [6.45, 7) is 5.55. The Kier molecular flexibility index (Phi) is 12.1. The molecule has 4 N–H and O–H groups in total. The number of carbonyl (C=O) groups excluding carboxylic acids is 5. The maximum absolute atomic E-state index is 13.9. The smallest absolute Gasteiger partial charge is 0.246 e. The van der Waals surface area contributed by atoms with E-state index in [2.05, 4.69) is 16.0 Å². The molecule has 42 heavy (non-hydrogen) atoms. The standard InChI is InChI=1S/C30H45N5O7/c1-5-19(2)26-30(40)34-16-8-7-11-25(34)29(39)31-23(10-6-9-17-35(41)20(3)36)27(37)32-24(28(38)33-26)18-21-12-14-22(42-4)15-13-21/h12-15,19,23-26,41H,5-11,16-18H2,1-4H3,(H,31,39)(H,32,37)(H,33,38)/t19-,23+,24-,25+,26+/m1/s1. The van der Waals surface area contributed by atoms with Crippen LogP contribution in [-0.4, -0.2) is 89.1 Å². The number of piperidine rings is 1. The first kappa shape index (κ1) is 32.8. The zero-order valence-electron chi connectivity index (χ0n) is 25.1. The molecule has 0 bridgehead atoms. The van der Waals surface area contributed by atoms with Gasteiger partial charge in [-0.15, -0.1) is 0 Å². The molecule has 1 aromatic rings. The summed E-state index contributed by atoms with van der Waals surface area (Å²) < 4.78 is 5.23. The number of benzene rings is 1. The van der Waals surface area contributed by atoms with E-state index < -0.39 is 47.8 Å². The van der Waals surface area contributed by atoms with Gasteiger partial charge in [-0.25, -0.2) is 5.06 Å². The van der Waals surface area contributed by atoms with Crippen molar-refractivity contribution < 1.29 is 33.9 Å². The van der Waals surface area contributed by atoms with E-state index in [1.54, 1.807) is 36.3 Å².